The Balaban J connectivity index is 2.47. The summed E-state index contributed by atoms with van der Waals surface area (Å²) in [5.74, 6) is 0.128. The second kappa shape index (κ2) is 7.33. The van der Waals surface area contributed by atoms with Gasteiger partial charge in [-0.3, -0.25) is 0 Å². The van der Waals surface area contributed by atoms with Gasteiger partial charge in [0.15, 0.2) is 5.84 Å². The minimum Gasteiger partial charge on any atom is -0.409 e. The van der Waals surface area contributed by atoms with Crippen LogP contribution in [0.4, 0.5) is 11.4 Å². The van der Waals surface area contributed by atoms with Crippen LogP contribution < -0.4 is 10.6 Å². The minimum absolute atomic E-state index is 0.128. The molecule has 110 valence electrons. The van der Waals surface area contributed by atoms with Crippen molar-refractivity contribution in [1.29, 1.82) is 0 Å². The van der Waals surface area contributed by atoms with Gasteiger partial charge in [-0.2, -0.15) is 0 Å². The second-order valence-corrected chi connectivity index (χ2v) is 4.84. The normalized spacial score (nSPS) is 11.4. The average Bonchev–Trinajstić information content (AvgIpc) is 2.56. The maximum absolute atomic E-state index is 8.99. The molecule has 0 atom stereocenters. The van der Waals surface area contributed by atoms with Crippen molar-refractivity contribution in [2.75, 3.05) is 11.4 Å². The number of nitrogens with zero attached hydrogens (tertiary/aromatic N) is 2. The number of nitrogens with two attached hydrogens (primary N) is 1. The number of anilines is 2. The van der Waals surface area contributed by atoms with Gasteiger partial charge in [0.05, 0.1) is 5.69 Å². The van der Waals surface area contributed by atoms with E-state index < -0.39 is 0 Å². The first-order chi connectivity index (χ1) is 10.3. The van der Waals surface area contributed by atoms with E-state index in [-0.39, 0.29) is 5.84 Å². The molecule has 0 aliphatic rings. The van der Waals surface area contributed by atoms with Crippen LogP contribution in [-0.2, 0) is 0 Å². The topological polar surface area (TPSA) is 61.8 Å². The first-order valence-corrected chi connectivity index (χ1v) is 7.17. The Morgan fingerprint density at radius 3 is 2.43 bits per heavy atom. The fourth-order valence-electron chi connectivity index (χ4n) is 2.29. The van der Waals surface area contributed by atoms with Gasteiger partial charge in [-0.15, -0.1) is 0 Å². The highest BCUT2D eigenvalue weighted by Crippen LogP contribution is 2.28. The third-order valence-corrected chi connectivity index (χ3v) is 3.38. The van der Waals surface area contributed by atoms with Crippen molar-refractivity contribution in [3.8, 4) is 0 Å². The number of rotatable bonds is 6. The molecule has 0 aromatic heterocycles. The smallest absolute Gasteiger partial charge is 0.172 e. The molecule has 2 aromatic carbocycles. The van der Waals surface area contributed by atoms with Gasteiger partial charge in [-0.1, -0.05) is 48.8 Å². The highest BCUT2D eigenvalue weighted by atomic mass is 16.4. The predicted octanol–water partition coefficient (Wildman–Crippen LogP) is 3.72. The highest BCUT2D eigenvalue weighted by Gasteiger charge is 2.14. The number of hydrogen-bond donors (Lipinski definition) is 2. The summed E-state index contributed by atoms with van der Waals surface area (Å²) in [5.41, 5.74) is 8.60. The van der Waals surface area contributed by atoms with E-state index in [1.165, 1.54) is 0 Å². The van der Waals surface area contributed by atoms with Gasteiger partial charge in [0.1, 0.15) is 0 Å². The largest absolute Gasteiger partial charge is 0.409 e. The Kier molecular flexibility index (Phi) is 5.21. The lowest BCUT2D eigenvalue weighted by Crippen LogP contribution is -2.23. The summed E-state index contributed by atoms with van der Waals surface area (Å²) >= 11 is 0. The van der Waals surface area contributed by atoms with Crippen LogP contribution in [0, 0.1) is 0 Å². The molecule has 0 fully saturated rings. The van der Waals surface area contributed by atoms with Crippen molar-refractivity contribution >= 4 is 17.2 Å². The van der Waals surface area contributed by atoms with Gasteiger partial charge in [0.2, 0.25) is 0 Å². The third-order valence-electron chi connectivity index (χ3n) is 3.38. The van der Waals surface area contributed by atoms with E-state index >= 15 is 0 Å². The zero-order valence-electron chi connectivity index (χ0n) is 12.2. The van der Waals surface area contributed by atoms with Crippen LogP contribution in [0.15, 0.2) is 59.8 Å². The lowest BCUT2D eigenvalue weighted by Gasteiger charge is -2.27. The number of unbranched alkanes of at least 4 members (excludes halogenated alkanes) is 1. The molecular formula is C17H21N3O. The summed E-state index contributed by atoms with van der Waals surface area (Å²) < 4.78 is 0. The second-order valence-electron chi connectivity index (χ2n) is 4.84. The lowest BCUT2D eigenvalue weighted by atomic mass is 10.1. The molecule has 0 amide bonds. The van der Waals surface area contributed by atoms with Crippen LogP contribution in [0.25, 0.3) is 0 Å². The van der Waals surface area contributed by atoms with E-state index in [0.717, 1.165) is 36.3 Å². The van der Waals surface area contributed by atoms with E-state index in [9.17, 15) is 0 Å². The van der Waals surface area contributed by atoms with E-state index in [1.54, 1.807) is 0 Å². The van der Waals surface area contributed by atoms with Crippen molar-refractivity contribution < 1.29 is 5.21 Å². The summed E-state index contributed by atoms with van der Waals surface area (Å²) in [4.78, 5) is 2.21. The molecule has 0 bridgehead atoms. The van der Waals surface area contributed by atoms with Crippen LogP contribution in [0.1, 0.15) is 25.3 Å². The summed E-state index contributed by atoms with van der Waals surface area (Å²) in [7, 11) is 0. The van der Waals surface area contributed by atoms with Crippen LogP contribution in [-0.4, -0.2) is 17.6 Å². The summed E-state index contributed by atoms with van der Waals surface area (Å²) in [6.45, 7) is 3.05. The van der Waals surface area contributed by atoms with Gasteiger partial charge in [-0.25, -0.2) is 0 Å². The standard InChI is InChI=1S/C17H21N3O/c1-2-3-13-20(14-9-5-4-6-10-14)16-12-8-7-11-15(16)17(18)19-21/h4-12,21H,2-3,13H2,1H3,(H2,18,19). The number of benzene rings is 2. The van der Waals surface area contributed by atoms with E-state index in [0.29, 0.717) is 0 Å². The molecule has 0 aliphatic carbocycles. The van der Waals surface area contributed by atoms with Gasteiger partial charge < -0.3 is 15.8 Å². The van der Waals surface area contributed by atoms with E-state index in [1.807, 2.05) is 42.5 Å². The molecule has 4 nitrogen and oxygen atoms in total. The van der Waals surface area contributed by atoms with Crippen LogP contribution in [0.5, 0.6) is 0 Å². The molecular weight excluding hydrogens is 262 g/mol. The number of oxime groups is 1. The molecule has 0 heterocycles. The monoisotopic (exact) mass is 283 g/mol. The molecule has 0 saturated carbocycles. The van der Waals surface area contributed by atoms with Crippen molar-refractivity contribution in [3.05, 3.63) is 60.2 Å². The molecule has 21 heavy (non-hydrogen) atoms. The number of hydrogen-bond acceptors (Lipinski definition) is 3. The molecule has 4 heteroatoms. The Morgan fingerprint density at radius 1 is 1.10 bits per heavy atom. The van der Waals surface area contributed by atoms with Crippen LogP contribution in [0.2, 0.25) is 0 Å². The molecule has 0 aliphatic heterocycles. The van der Waals surface area contributed by atoms with Gasteiger partial charge in [-0.05, 0) is 30.7 Å². The third kappa shape index (κ3) is 3.54. The Hall–Kier alpha value is -2.49. The zero-order chi connectivity index (χ0) is 15.1. The Labute approximate surface area is 125 Å². The van der Waals surface area contributed by atoms with E-state index in [4.69, 9.17) is 10.9 Å². The molecule has 0 unspecified atom stereocenters. The first-order valence-electron chi connectivity index (χ1n) is 7.17. The lowest BCUT2D eigenvalue weighted by molar-refractivity contribution is 0.318. The minimum atomic E-state index is 0.128. The Morgan fingerprint density at radius 2 is 1.76 bits per heavy atom. The maximum Gasteiger partial charge on any atom is 0.172 e. The molecule has 0 radical (unpaired) electrons. The van der Waals surface area contributed by atoms with Gasteiger partial charge in [0.25, 0.3) is 0 Å². The van der Waals surface area contributed by atoms with Crippen LogP contribution >= 0.6 is 0 Å². The molecule has 2 rings (SSSR count). The molecule has 0 spiro atoms. The average molecular weight is 283 g/mol. The number of para-hydroxylation sites is 2. The maximum atomic E-state index is 8.99. The quantitative estimate of drug-likeness (QED) is 0.367. The molecule has 3 N–H and O–H groups in total. The van der Waals surface area contributed by atoms with Crippen molar-refractivity contribution in [2.45, 2.75) is 19.8 Å². The van der Waals surface area contributed by atoms with Crippen molar-refractivity contribution in [2.24, 2.45) is 10.9 Å². The number of amidine groups is 1. The highest BCUT2D eigenvalue weighted by molar-refractivity contribution is 6.02. The SMILES string of the molecule is CCCCN(c1ccccc1)c1ccccc1C(N)=NO. The molecule has 0 saturated heterocycles. The first kappa shape index (κ1) is 14.9. The Bertz CT molecular complexity index is 596. The van der Waals surface area contributed by atoms with Crippen molar-refractivity contribution in [1.82, 2.24) is 0 Å². The fraction of sp³-hybridized carbons (Fsp3) is 0.235. The van der Waals surface area contributed by atoms with Crippen molar-refractivity contribution in [3.63, 3.8) is 0 Å². The summed E-state index contributed by atoms with van der Waals surface area (Å²) in [6, 6.07) is 17.9. The predicted molar refractivity (Wildman–Crippen MR) is 87.3 cm³/mol. The summed E-state index contributed by atoms with van der Waals surface area (Å²) in [6.07, 6.45) is 2.18. The summed E-state index contributed by atoms with van der Waals surface area (Å²) in [5, 5.41) is 12.1. The van der Waals surface area contributed by atoms with Crippen LogP contribution in [0.3, 0.4) is 0 Å². The fourth-order valence-corrected chi connectivity index (χ4v) is 2.29. The zero-order valence-corrected chi connectivity index (χ0v) is 12.2. The van der Waals surface area contributed by atoms with E-state index in [2.05, 4.69) is 29.1 Å². The van der Waals surface area contributed by atoms with Gasteiger partial charge >= 0.3 is 0 Å². The molecule has 2 aromatic rings. The van der Waals surface area contributed by atoms with Gasteiger partial charge in [0, 0.05) is 17.8 Å².